The minimum absolute atomic E-state index is 0.232. The zero-order valence-corrected chi connectivity index (χ0v) is 26.2. The SMILES string of the molecule is COc1cc2ccc1/C=C\NC(=O)[C@@H](Cc1ccccc1)NC(=O)[C@@H]1[C@H](CCN1C(=O)[C@H](NC(=O)[C@H](C)N(C)C)C(C)C)O2. The highest BCUT2D eigenvalue weighted by atomic mass is 16.5. The molecule has 5 atom stereocenters. The van der Waals surface area contributed by atoms with Crippen molar-refractivity contribution in [1.82, 2.24) is 25.8 Å². The van der Waals surface area contributed by atoms with Crippen molar-refractivity contribution in [1.29, 1.82) is 0 Å². The van der Waals surface area contributed by atoms with Gasteiger partial charge in [-0.1, -0.05) is 44.2 Å². The molecule has 0 aliphatic carbocycles. The van der Waals surface area contributed by atoms with E-state index in [-0.39, 0.29) is 30.7 Å². The van der Waals surface area contributed by atoms with Crippen molar-refractivity contribution in [2.45, 2.75) is 63.9 Å². The van der Waals surface area contributed by atoms with Crippen LogP contribution in [0.5, 0.6) is 11.5 Å². The first-order valence-electron chi connectivity index (χ1n) is 14.9. The lowest BCUT2D eigenvalue weighted by molar-refractivity contribution is -0.144. The molecule has 2 bridgehead atoms. The van der Waals surface area contributed by atoms with Gasteiger partial charge in [-0.05, 0) is 50.7 Å². The molecule has 44 heavy (non-hydrogen) atoms. The molecule has 3 N–H and O–H groups in total. The maximum Gasteiger partial charge on any atom is 0.247 e. The number of rotatable bonds is 8. The largest absolute Gasteiger partial charge is 0.496 e. The van der Waals surface area contributed by atoms with Crippen molar-refractivity contribution in [2.75, 3.05) is 27.7 Å². The van der Waals surface area contributed by atoms with Crippen LogP contribution in [-0.4, -0.2) is 91.4 Å². The summed E-state index contributed by atoms with van der Waals surface area (Å²) in [7, 11) is 5.12. The van der Waals surface area contributed by atoms with E-state index in [0.717, 1.165) is 11.1 Å². The third-order valence-electron chi connectivity index (χ3n) is 8.18. The van der Waals surface area contributed by atoms with Gasteiger partial charge >= 0.3 is 0 Å². The second-order valence-corrected chi connectivity index (χ2v) is 11.8. The van der Waals surface area contributed by atoms with Gasteiger partial charge in [-0.25, -0.2) is 0 Å². The number of nitrogens with zero attached hydrogens (tertiary/aromatic N) is 2. The fourth-order valence-corrected chi connectivity index (χ4v) is 5.35. The molecule has 11 heteroatoms. The zero-order valence-electron chi connectivity index (χ0n) is 26.2. The van der Waals surface area contributed by atoms with E-state index >= 15 is 0 Å². The van der Waals surface area contributed by atoms with Crippen molar-refractivity contribution in [2.24, 2.45) is 5.92 Å². The summed E-state index contributed by atoms with van der Waals surface area (Å²) in [6, 6.07) is 11.3. The number of fused-ring (bicyclic) bond motifs is 7. The molecule has 1 fully saturated rings. The molecule has 4 amide bonds. The molecule has 0 spiro atoms. The van der Waals surface area contributed by atoms with E-state index in [0.29, 0.717) is 17.9 Å². The van der Waals surface area contributed by atoms with Gasteiger partial charge in [0.05, 0.1) is 13.2 Å². The maximum atomic E-state index is 14.1. The van der Waals surface area contributed by atoms with E-state index in [4.69, 9.17) is 9.47 Å². The topological polar surface area (TPSA) is 129 Å². The van der Waals surface area contributed by atoms with Gasteiger partial charge in [0.1, 0.15) is 35.7 Å². The smallest absolute Gasteiger partial charge is 0.247 e. The van der Waals surface area contributed by atoms with Crippen LogP contribution in [0.3, 0.4) is 0 Å². The molecule has 11 nitrogen and oxygen atoms in total. The van der Waals surface area contributed by atoms with Gasteiger partial charge in [0.15, 0.2) is 0 Å². The predicted molar refractivity (Wildman–Crippen MR) is 167 cm³/mol. The molecule has 236 valence electrons. The molecule has 0 aromatic heterocycles. The van der Waals surface area contributed by atoms with Gasteiger partial charge < -0.3 is 30.3 Å². The lowest BCUT2D eigenvalue weighted by atomic mass is 10.0. The number of carbonyl (C=O) groups is 4. The van der Waals surface area contributed by atoms with E-state index in [9.17, 15) is 19.2 Å². The maximum absolute atomic E-state index is 14.1. The monoisotopic (exact) mass is 605 g/mol. The fraction of sp³-hybridized carbons (Fsp3) is 0.455. The van der Waals surface area contributed by atoms with Crippen molar-refractivity contribution in [3.63, 3.8) is 0 Å². The number of amides is 4. The van der Waals surface area contributed by atoms with E-state index in [1.807, 2.05) is 44.2 Å². The zero-order chi connectivity index (χ0) is 32.0. The Hall–Kier alpha value is -4.38. The summed E-state index contributed by atoms with van der Waals surface area (Å²) >= 11 is 0. The van der Waals surface area contributed by atoms with Gasteiger partial charge in [0, 0.05) is 37.2 Å². The molecule has 2 aromatic rings. The Morgan fingerprint density at radius 1 is 1.09 bits per heavy atom. The highest BCUT2D eigenvalue weighted by Gasteiger charge is 2.46. The third-order valence-corrected chi connectivity index (χ3v) is 8.18. The van der Waals surface area contributed by atoms with Crippen molar-refractivity contribution < 1.29 is 28.7 Å². The Kier molecular flexibility index (Phi) is 10.6. The first-order valence-corrected chi connectivity index (χ1v) is 14.9. The highest BCUT2D eigenvalue weighted by molar-refractivity contribution is 5.96. The molecule has 3 aliphatic rings. The number of methoxy groups -OCH3 is 1. The number of hydrogen-bond donors (Lipinski definition) is 3. The van der Waals surface area contributed by atoms with E-state index in [1.165, 1.54) is 18.2 Å². The van der Waals surface area contributed by atoms with Gasteiger partial charge in [0.25, 0.3) is 0 Å². The Labute approximate surface area is 258 Å². The van der Waals surface area contributed by atoms with Gasteiger partial charge in [0.2, 0.25) is 23.6 Å². The summed E-state index contributed by atoms with van der Waals surface area (Å²) in [5.74, 6) is -0.845. The summed E-state index contributed by atoms with van der Waals surface area (Å²) in [6.45, 7) is 5.69. The number of hydrogen-bond acceptors (Lipinski definition) is 7. The van der Waals surface area contributed by atoms with E-state index in [2.05, 4.69) is 16.0 Å². The van der Waals surface area contributed by atoms with Gasteiger partial charge in [-0.2, -0.15) is 0 Å². The van der Waals surface area contributed by atoms with Crippen molar-refractivity contribution in [3.05, 3.63) is 65.9 Å². The molecule has 0 unspecified atom stereocenters. The lowest BCUT2D eigenvalue weighted by Crippen LogP contribution is -2.60. The van der Waals surface area contributed by atoms with Crippen LogP contribution in [0.1, 0.15) is 38.3 Å². The first-order chi connectivity index (χ1) is 21.0. The predicted octanol–water partition coefficient (Wildman–Crippen LogP) is 1.96. The Morgan fingerprint density at radius 2 is 1.82 bits per heavy atom. The minimum Gasteiger partial charge on any atom is -0.496 e. The van der Waals surface area contributed by atoms with Gasteiger partial charge in [-0.15, -0.1) is 0 Å². The second-order valence-electron chi connectivity index (χ2n) is 11.8. The summed E-state index contributed by atoms with van der Waals surface area (Å²) in [6.07, 6.45) is 3.12. The molecule has 2 aromatic carbocycles. The third kappa shape index (κ3) is 7.57. The Morgan fingerprint density at radius 3 is 2.48 bits per heavy atom. The summed E-state index contributed by atoms with van der Waals surface area (Å²) < 4.78 is 11.9. The van der Waals surface area contributed by atoms with Crippen molar-refractivity contribution in [3.8, 4) is 11.5 Å². The Bertz CT molecular complexity index is 1380. The summed E-state index contributed by atoms with van der Waals surface area (Å²) in [4.78, 5) is 57.8. The van der Waals surface area contributed by atoms with Crippen LogP contribution in [0, 0.1) is 5.92 Å². The van der Waals surface area contributed by atoms with Crippen LogP contribution in [-0.2, 0) is 25.6 Å². The standard InChI is InChI=1S/C33H43N5O6/c1-20(2)28(36-30(39)21(3)37(4)5)33(42)38-17-15-26-29(38)32(41)35-25(18-22-10-8-7-9-11-22)31(40)34-16-14-23-12-13-24(44-26)19-27(23)43-6/h7-14,16,19-21,25-26,28-29H,15,17-18H2,1-6H3,(H,34,40)(H,35,41)(H,36,39)/b16-14-/t21-,25+,26-,28+,29-/m0/s1. The molecule has 0 saturated carbocycles. The lowest BCUT2D eigenvalue weighted by Gasteiger charge is -2.33. The number of ether oxygens (including phenoxy) is 2. The average Bonchev–Trinajstić information content (AvgIpc) is 3.42. The van der Waals surface area contributed by atoms with E-state index < -0.39 is 42.1 Å². The molecular weight excluding hydrogens is 562 g/mol. The molecule has 5 rings (SSSR count). The average molecular weight is 606 g/mol. The van der Waals surface area contributed by atoms with Crippen LogP contribution in [0.15, 0.2) is 54.7 Å². The number of benzene rings is 2. The Balaban J connectivity index is 1.71. The summed E-state index contributed by atoms with van der Waals surface area (Å²) in [5, 5.41) is 8.58. The fourth-order valence-electron chi connectivity index (χ4n) is 5.35. The molecule has 3 heterocycles. The molecule has 0 radical (unpaired) electrons. The van der Waals surface area contributed by atoms with Crippen LogP contribution < -0.4 is 25.4 Å². The van der Waals surface area contributed by atoms with Crippen molar-refractivity contribution >= 4 is 29.7 Å². The van der Waals surface area contributed by atoms with E-state index in [1.54, 1.807) is 50.2 Å². The number of likely N-dealkylation sites (N-methyl/N-ethyl adjacent to an activating group) is 1. The van der Waals surface area contributed by atoms with Crippen LogP contribution >= 0.6 is 0 Å². The normalized spacial score (nSPS) is 22.3. The van der Waals surface area contributed by atoms with Crippen LogP contribution in [0.2, 0.25) is 0 Å². The minimum atomic E-state index is -1.05. The summed E-state index contributed by atoms with van der Waals surface area (Å²) in [5.41, 5.74) is 1.59. The van der Waals surface area contributed by atoms with Gasteiger partial charge in [-0.3, -0.25) is 24.1 Å². The first kappa shape index (κ1) is 32.5. The molecule has 3 aliphatic heterocycles. The van der Waals surface area contributed by atoms with Crippen LogP contribution in [0.4, 0.5) is 0 Å². The second kappa shape index (κ2) is 14.4. The molecular formula is C33H43N5O6. The number of carbonyl (C=O) groups excluding carboxylic acids is 4. The number of nitrogens with one attached hydrogen (secondary N) is 3. The van der Waals surface area contributed by atoms with Crippen LogP contribution in [0.25, 0.3) is 6.08 Å². The number of likely N-dealkylation sites (tertiary alicyclic amines) is 1. The highest BCUT2D eigenvalue weighted by Crippen LogP contribution is 2.30. The molecule has 1 saturated heterocycles. The quantitative estimate of drug-likeness (QED) is 0.420.